The van der Waals surface area contributed by atoms with Crippen molar-refractivity contribution in [2.75, 3.05) is 19.6 Å². The maximum atomic E-state index is 3.61. The minimum absolute atomic E-state index is 0.863. The van der Waals surface area contributed by atoms with Gasteiger partial charge in [-0.2, -0.15) is 0 Å². The molecule has 0 saturated heterocycles. The van der Waals surface area contributed by atoms with E-state index in [1.165, 1.54) is 32.2 Å². The van der Waals surface area contributed by atoms with Crippen molar-refractivity contribution in [3.05, 3.63) is 0 Å². The van der Waals surface area contributed by atoms with Crippen LogP contribution in [0.4, 0.5) is 0 Å². The van der Waals surface area contributed by atoms with Crippen LogP contribution < -0.4 is 10.6 Å². The van der Waals surface area contributed by atoms with E-state index in [9.17, 15) is 0 Å². The molecule has 0 aromatic heterocycles. The molecular formula is C11H24N2. The summed E-state index contributed by atoms with van der Waals surface area (Å²) in [5.74, 6) is 1.00. The molecule has 1 saturated carbocycles. The predicted molar refractivity (Wildman–Crippen MR) is 58.0 cm³/mol. The molecule has 2 N–H and O–H groups in total. The lowest BCUT2D eigenvalue weighted by atomic mass is 10.2. The highest BCUT2D eigenvalue weighted by molar-refractivity contribution is 4.92. The Morgan fingerprint density at radius 1 is 1.23 bits per heavy atom. The van der Waals surface area contributed by atoms with E-state index in [0.29, 0.717) is 0 Å². The Kier molecular flexibility index (Phi) is 5.40. The summed E-state index contributed by atoms with van der Waals surface area (Å²) in [5.41, 5.74) is 0. The van der Waals surface area contributed by atoms with Crippen LogP contribution in [0.5, 0.6) is 0 Å². The Bertz CT molecular complexity index is 125. The van der Waals surface area contributed by atoms with Crippen molar-refractivity contribution in [2.45, 2.75) is 45.6 Å². The van der Waals surface area contributed by atoms with Gasteiger partial charge < -0.3 is 10.6 Å². The molecular weight excluding hydrogens is 160 g/mol. The van der Waals surface area contributed by atoms with Gasteiger partial charge >= 0.3 is 0 Å². The fourth-order valence-electron chi connectivity index (χ4n) is 1.87. The van der Waals surface area contributed by atoms with Gasteiger partial charge in [-0.15, -0.1) is 0 Å². The quantitative estimate of drug-likeness (QED) is 0.562. The molecule has 0 aliphatic heterocycles. The van der Waals surface area contributed by atoms with Crippen molar-refractivity contribution < 1.29 is 0 Å². The van der Waals surface area contributed by atoms with E-state index in [-0.39, 0.29) is 0 Å². The zero-order chi connectivity index (χ0) is 9.52. The van der Waals surface area contributed by atoms with Crippen molar-refractivity contribution in [1.29, 1.82) is 0 Å². The van der Waals surface area contributed by atoms with Crippen LogP contribution in [0, 0.1) is 5.92 Å². The van der Waals surface area contributed by atoms with E-state index in [2.05, 4.69) is 24.5 Å². The molecule has 13 heavy (non-hydrogen) atoms. The molecule has 0 radical (unpaired) electrons. The summed E-state index contributed by atoms with van der Waals surface area (Å²) in [5, 5.41) is 6.95. The summed E-state index contributed by atoms with van der Waals surface area (Å²) >= 11 is 0. The van der Waals surface area contributed by atoms with Crippen LogP contribution in [0.25, 0.3) is 0 Å². The monoisotopic (exact) mass is 184 g/mol. The second kappa shape index (κ2) is 6.39. The van der Waals surface area contributed by atoms with Crippen molar-refractivity contribution in [2.24, 2.45) is 5.92 Å². The fourth-order valence-corrected chi connectivity index (χ4v) is 1.87. The summed E-state index contributed by atoms with van der Waals surface area (Å²) in [6, 6.07) is 0.863. The minimum Gasteiger partial charge on any atom is -0.317 e. The Labute approximate surface area is 82.5 Å². The van der Waals surface area contributed by atoms with Crippen molar-refractivity contribution in [3.63, 3.8) is 0 Å². The summed E-state index contributed by atoms with van der Waals surface area (Å²) in [6.45, 7) is 7.89. The Morgan fingerprint density at radius 2 is 2.08 bits per heavy atom. The molecule has 1 fully saturated rings. The first-order valence-electron chi connectivity index (χ1n) is 5.82. The van der Waals surface area contributed by atoms with E-state index in [0.717, 1.165) is 25.0 Å². The molecule has 1 rings (SSSR count). The molecule has 0 bridgehead atoms. The van der Waals surface area contributed by atoms with Crippen LogP contribution >= 0.6 is 0 Å². The van der Waals surface area contributed by atoms with Gasteiger partial charge in [0.1, 0.15) is 0 Å². The van der Waals surface area contributed by atoms with Crippen LogP contribution in [0.3, 0.4) is 0 Å². The lowest BCUT2D eigenvalue weighted by Crippen LogP contribution is -2.24. The molecule has 0 aromatic carbocycles. The number of hydrogen-bond donors (Lipinski definition) is 2. The maximum absolute atomic E-state index is 3.61. The fraction of sp³-hybridized carbons (Fsp3) is 1.00. The smallest absolute Gasteiger partial charge is 0.00991 e. The van der Waals surface area contributed by atoms with Gasteiger partial charge in [-0.3, -0.25) is 0 Å². The number of hydrogen-bond acceptors (Lipinski definition) is 2. The SMILES string of the molecule is CCCC1CC1NCCCNCC. The lowest BCUT2D eigenvalue weighted by molar-refractivity contribution is 0.567. The normalized spacial score (nSPS) is 26.3. The molecule has 2 unspecified atom stereocenters. The number of nitrogens with one attached hydrogen (secondary N) is 2. The van der Waals surface area contributed by atoms with Gasteiger partial charge in [0.2, 0.25) is 0 Å². The van der Waals surface area contributed by atoms with Gasteiger partial charge in [0.25, 0.3) is 0 Å². The van der Waals surface area contributed by atoms with Gasteiger partial charge in [0.15, 0.2) is 0 Å². The lowest BCUT2D eigenvalue weighted by Gasteiger charge is -2.03. The van der Waals surface area contributed by atoms with Gasteiger partial charge in [-0.05, 0) is 44.8 Å². The zero-order valence-electron chi connectivity index (χ0n) is 9.10. The third kappa shape index (κ3) is 4.63. The van der Waals surface area contributed by atoms with Crippen molar-refractivity contribution in [3.8, 4) is 0 Å². The highest BCUT2D eigenvalue weighted by Crippen LogP contribution is 2.34. The summed E-state index contributed by atoms with van der Waals surface area (Å²) in [4.78, 5) is 0. The predicted octanol–water partition coefficient (Wildman–Crippen LogP) is 1.76. The molecule has 2 atom stereocenters. The average Bonchev–Trinajstić information content (AvgIpc) is 2.84. The second-order valence-electron chi connectivity index (χ2n) is 4.05. The molecule has 2 heteroatoms. The van der Waals surface area contributed by atoms with Crippen LogP contribution in [0.1, 0.15) is 39.5 Å². The van der Waals surface area contributed by atoms with Gasteiger partial charge in [0, 0.05) is 6.04 Å². The van der Waals surface area contributed by atoms with E-state index < -0.39 is 0 Å². The van der Waals surface area contributed by atoms with E-state index in [4.69, 9.17) is 0 Å². The highest BCUT2D eigenvalue weighted by atomic mass is 15.0. The van der Waals surface area contributed by atoms with Crippen LogP contribution in [0.15, 0.2) is 0 Å². The van der Waals surface area contributed by atoms with Crippen molar-refractivity contribution in [1.82, 2.24) is 10.6 Å². The van der Waals surface area contributed by atoms with Crippen LogP contribution in [-0.2, 0) is 0 Å². The summed E-state index contributed by atoms with van der Waals surface area (Å²) in [6.07, 6.45) is 5.46. The zero-order valence-corrected chi connectivity index (χ0v) is 9.10. The second-order valence-corrected chi connectivity index (χ2v) is 4.05. The first-order chi connectivity index (χ1) is 6.38. The molecule has 0 aromatic rings. The molecule has 2 nitrogen and oxygen atoms in total. The minimum atomic E-state index is 0.863. The van der Waals surface area contributed by atoms with E-state index >= 15 is 0 Å². The average molecular weight is 184 g/mol. The van der Waals surface area contributed by atoms with Crippen LogP contribution in [0.2, 0.25) is 0 Å². The molecule has 1 aliphatic rings. The Balaban J connectivity index is 1.80. The summed E-state index contributed by atoms with van der Waals surface area (Å²) in [7, 11) is 0. The maximum Gasteiger partial charge on any atom is 0.00991 e. The molecule has 1 aliphatic carbocycles. The largest absolute Gasteiger partial charge is 0.317 e. The molecule has 78 valence electrons. The van der Waals surface area contributed by atoms with Crippen molar-refractivity contribution >= 4 is 0 Å². The van der Waals surface area contributed by atoms with Gasteiger partial charge in [-0.25, -0.2) is 0 Å². The van der Waals surface area contributed by atoms with E-state index in [1.54, 1.807) is 0 Å². The first kappa shape index (κ1) is 11.0. The third-order valence-electron chi connectivity index (χ3n) is 2.77. The topological polar surface area (TPSA) is 24.1 Å². The highest BCUT2D eigenvalue weighted by Gasteiger charge is 2.34. The molecule has 0 amide bonds. The van der Waals surface area contributed by atoms with Gasteiger partial charge in [-0.1, -0.05) is 20.3 Å². The van der Waals surface area contributed by atoms with E-state index in [1.807, 2.05) is 0 Å². The van der Waals surface area contributed by atoms with Crippen LogP contribution in [-0.4, -0.2) is 25.7 Å². The standard InChI is InChI=1S/C11H24N2/c1-3-6-10-9-11(10)13-8-5-7-12-4-2/h10-13H,3-9H2,1-2H3. The number of rotatable bonds is 8. The third-order valence-corrected chi connectivity index (χ3v) is 2.77. The van der Waals surface area contributed by atoms with Gasteiger partial charge in [0.05, 0.1) is 0 Å². The first-order valence-corrected chi connectivity index (χ1v) is 5.82. The molecule has 0 spiro atoms. The Hall–Kier alpha value is -0.0800. The molecule has 0 heterocycles. The summed E-state index contributed by atoms with van der Waals surface area (Å²) < 4.78 is 0. The Morgan fingerprint density at radius 3 is 2.77 bits per heavy atom.